The molecule has 1 amide bonds. The van der Waals surface area contributed by atoms with Crippen LogP contribution >= 0.6 is 31.9 Å². The fourth-order valence-electron chi connectivity index (χ4n) is 2.34. The lowest BCUT2D eigenvalue weighted by molar-refractivity contribution is 0.0955. The summed E-state index contributed by atoms with van der Waals surface area (Å²) >= 11 is 6.80. The topological polar surface area (TPSA) is 50.7 Å². The van der Waals surface area contributed by atoms with E-state index in [4.69, 9.17) is 4.74 Å². The van der Waals surface area contributed by atoms with E-state index in [0.717, 1.165) is 20.1 Å². The van der Waals surface area contributed by atoms with E-state index < -0.39 is 0 Å². The second-order valence-electron chi connectivity index (χ2n) is 5.67. The maximum Gasteiger partial charge on any atom is 0.271 e. The Labute approximate surface area is 174 Å². The quantitative estimate of drug-likeness (QED) is 0.365. The molecule has 0 unspecified atom stereocenters. The zero-order chi connectivity index (χ0) is 19.1. The van der Waals surface area contributed by atoms with Crippen molar-refractivity contribution in [2.45, 2.75) is 6.61 Å². The highest BCUT2D eigenvalue weighted by atomic mass is 79.9. The largest absolute Gasteiger partial charge is 0.488 e. The molecule has 0 radical (unpaired) electrons. The first-order valence-corrected chi connectivity index (χ1v) is 9.76. The Hall–Kier alpha value is -2.44. The summed E-state index contributed by atoms with van der Waals surface area (Å²) in [7, 11) is 0. The Morgan fingerprint density at radius 1 is 0.963 bits per heavy atom. The van der Waals surface area contributed by atoms with Crippen LogP contribution in [0.5, 0.6) is 5.75 Å². The van der Waals surface area contributed by atoms with Crippen LogP contribution in [-0.2, 0) is 6.61 Å². The summed E-state index contributed by atoms with van der Waals surface area (Å²) in [4.78, 5) is 12.2. The molecule has 1 N–H and O–H groups in total. The van der Waals surface area contributed by atoms with Crippen molar-refractivity contribution >= 4 is 44.0 Å². The number of carbonyl (C=O) groups excluding carboxylic acids is 1. The Morgan fingerprint density at radius 3 is 2.52 bits per heavy atom. The van der Waals surface area contributed by atoms with E-state index in [-0.39, 0.29) is 5.91 Å². The van der Waals surface area contributed by atoms with E-state index in [9.17, 15) is 4.79 Å². The van der Waals surface area contributed by atoms with Gasteiger partial charge in [0.15, 0.2) is 0 Å². The Morgan fingerprint density at radius 2 is 1.74 bits per heavy atom. The molecule has 27 heavy (non-hydrogen) atoms. The number of halogens is 2. The number of nitrogens with zero attached hydrogens (tertiary/aromatic N) is 1. The number of ether oxygens (including phenoxy) is 1. The zero-order valence-corrected chi connectivity index (χ0v) is 17.4. The van der Waals surface area contributed by atoms with Crippen LogP contribution in [-0.4, -0.2) is 12.1 Å². The normalized spacial score (nSPS) is 10.7. The number of amides is 1. The summed E-state index contributed by atoms with van der Waals surface area (Å²) in [6.45, 7) is 0.452. The molecule has 0 fully saturated rings. The highest BCUT2D eigenvalue weighted by Crippen LogP contribution is 2.23. The van der Waals surface area contributed by atoms with Gasteiger partial charge in [0.2, 0.25) is 0 Å². The summed E-state index contributed by atoms with van der Waals surface area (Å²) in [5, 5.41) is 4.06. The lowest BCUT2D eigenvalue weighted by Gasteiger charge is -2.09. The highest BCUT2D eigenvalue weighted by Gasteiger charge is 2.06. The third kappa shape index (κ3) is 5.77. The summed E-state index contributed by atoms with van der Waals surface area (Å²) in [6, 6.07) is 22.7. The van der Waals surface area contributed by atoms with Crippen molar-refractivity contribution in [2.24, 2.45) is 5.10 Å². The van der Waals surface area contributed by atoms with E-state index in [1.165, 1.54) is 0 Å². The van der Waals surface area contributed by atoms with Crippen molar-refractivity contribution in [3.63, 3.8) is 0 Å². The van der Waals surface area contributed by atoms with E-state index >= 15 is 0 Å². The molecule has 0 atom stereocenters. The van der Waals surface area contributed by atoms with Crippen LogP contribution in [0.1, 0.15) is 21.5 Å². The first kappa shape index (κ1) is 19.3. The number of nitrogens with one attached hydrogen (secondary N) is 1. The first-order chi connectivity index (χ1) is 13.1. The van der Waals surface area contributed by atoms with E-state index in [1.807, 2.05) is 54.6 Å². The van der Waals surface area contributed by atoms with Gasteiger partial charge in [-0.05, 0) is 42.0 Å². The number of hydrogen-bond acceptors (Lipinski definition) is 3. The molecular formula is C21H16Br2N2O2. The molecule has 0 saturated carbocycles. The number of hydrazone groups is 1. The minimum Gasteiger partial charge on any atom is -0.488 e. The predicted molar refractivity (Wildman–Crippen MR) is 114 cm³/mol. The molecule has 136 valence electrons. The summed E-state index contributed by atoms with van der Waals surface area (Å²) in [6.07, 6.45) is 1.57. The molecule has 0 aliphatic rings. The van der Waals surface area contributed by atoms with Gasteiger partial charge >= 0.3 is 0 Å². The molecule has 3 aromatic rings. The number of benzene rings is 3. The molecule has 3 rings (SSSR count). The van der Waals surface area contributed by atoms with Crippen LogP contribution in [0.4, 0.5) is 0 Å². The predicted octanol–water partition coefficient (Wildman–Crippen LogP) is 5.55. The third-order valence-corrected chi connectivity index (χ3v) is 4.65. The van der Waals surface area contributed by atoms with E-state index in [2.05, 4.69) is 42.4 Å². The minimum absolute atomic E-state index is 0.283. The van der Waals surface area contributed by atoms with Gasteiger partial charge < -0.3 is 4.74 Å². The van der Waals surface area contributed by atoms with Gasteiger partial charge in [-0.2, -0.15) is 5.10 Å². The van der Waals surface area contributed by atoms with Gasteiger partial charge in [-0.3, -0.25) is 4.79 Å². The van der Waals surface area contributed by atoms with Crippen molar-refractivity contribution in [2.75, 3.05) is 0 Å². The summed E-state index contributed by atoms with van der Waals surface area (Å²) < 4.78 is 7.64. The lowest BCUT2D eigenvalue weighted by atomic mass is 10.2. The Balaban J connectivity index is 1.69. The van der Waals surface area contributed by atoms with Gasteiger partial charge in [-0.15, -0.1) is 0 Å². The monoisotopic (exact) mass is 486 g/mol. The van der Waals surface area contributed by atoms with Crippen LogP contribution in [0, 0.1) is 0 Å². The maximum atomic E-state index is 12.2. The van der Waals surface area contributed by atoms with Gasteiger partial charge in [0.1, 0.15) is 12.4 Å². The number of rotatable bonds is 6. The first-order valence-electron chi connectivity index (χ1n) is 8.17. The van der Waals surface area contributed by atoms with Crippen molar-refractivity contribution in [3.8, 4) is 5.75 Å². The number of hydrogen-bond donors (Lipinski definition) is 1. The van der Waals surface area contributed by atoms with Crippen LogP contribution in [0.2, 0.25) is 0 Å². The van der Waals surface area contributed by atoms with Gasteiger partial charge in [-0.1, -0.05) is 68.3 Å². The Kier molecular flexibility index (Phi) is 6.79. The molecule has 0 heterocycles. The SMILES string of the molecule is O=C(N/N=C\c1cc(Br)ccc1OCc1ccccc1)c1cccc(Br)c1. The highest BCUT2D eigenvalue weighted by molar-refractivity contribution is 9.10. The minimum atomic E-state index is -0.283. The van der Waals surface area contributed by atoms with Crippen LogP contribution in [0.15, 0.2) is 86.8 Å². The fraction of sp³-hybridized carbons (Fsp3) is 0.0476. The number of carbonyl (C=O) groups is 1. The maximum absolute atomic E-state index is 12.2. The Bertz CT molecular complexity index is 959. The van der Waals surface area contributed by atoms with Gasteiger partial charge in [0, 0.05) is 20.1 Å². The lowest BCUT2D eigenvalue weighted by Crippen LogP contribution is -2.17. The van der Waals surface area contributed by atoms with E-state index in [0.29, 0.717) is 17.9 Å². The van der Waals surface area contributed by atoms with Crippen molar-refractivity contribution in [1.82, 2.24) is 5.43 Å². The molecule has 0 saturated heterocycles. The molecule has 6 heteroatoms. The second kappa shape index (κ2) is 9.48. The van der Waals surface area contributed by atoms with Crippen LogP contribution in [0.3, 0.4) is 0 Å². The molecule has 0 spiro atoms. The molecule has 3 aromatic carbocycles. The van der Waals surface area contributed by atoms with Crippen molar-refractivity contribution < 1.29 is 9.53 Å². The zero-order valence-electron chi connectivity index (χ0n) is 14.2. The molecule has 0 aliphatic heterocycles. The second-order valence-corrected chi connectivity index (χ2v) is 7.50. The molecule has 0 bridgehead atoms. The van der Waals surface area contributed by atoms with Crippen LogP contribution < -0.4 is 10.2 Å². The van der Waals surface area contributed by atoms with Gasteiger partial charge in [-0.25, -0.2) is 5.43 Å². The summed E-state index contributed by atoms with van der Waals surface area (Å²) in [5.41, 5.74) is 4.89. The molecule has 4 nitrogen and oxygen atoms in total. The summed E-state index contributed by atoms with van der Waals surface area (Å²) in [5.74, 6) is 0.400. The molecule has 0 aromatic heterocycles. The van der Waals surface area contributed by atoms with Crippen molar-refractivity contribution in [1.29, 1.82) is 0 Å². The van der Waals surface area contributed by atoms with Gasteiger partial charge in [0.05, 0.1) is 6.21 Å². The molecular weight excluding hydrogens is 472 g/mol. The third-order valence-electron chi connectivity index (χ3n) is 3.67. The average molecular weight is 488 g/mol. The average Bonchev–Trinajstić information content (AvgIpc) is 2.68. The van der Waals surface area contributed by atoms with E-state index in [1.54, 1.807) is 24.4 Å². The standard InChI is InChI=1S/C21H16Br2N2O2/c22-18-8-4-7-16(11-18)21(26)25-24-13-17-12-19(23)9-10-20(17)27-14-15-5-2-1-3-6-15/h1-13H,14H2,(H,25,26)/b24-13-. The fourth-order valence-corrected chi connectivity index (χ4v) is 3.12. The van der Waals surface area contributed by atoms with Crippen LogP contribution in [0.25, 0.3) is 0 Å². The smallest absolute Gasteiger partial charge is 0.271 e. The van der Waals surface area contributed by atoms with Gasteiger partial charge in [0.25, 0.3) is 5.91 Å². The van der Waals surface area contributed by atoms with Crippen molar-refractivity contribution in [3.05, 3.63) is 98.4 Å². The molecule has 0 aliphatic carbocycles.